The van der Waals surface area contributed by atoms with E-state index in [2.05, 4.69) is 5.32 Å². The molecule has 0 bridgehead atoms. The first kappa shape index (κ1) is 13.0. The van der Waals surface area contributed by atoms with Gasteiger partial charge in [-0.1, -0.05) is 17.7 Å². The van der Waals surface area contributed by atoms with Crippen molar-refractivity contribution in [1.29, 1.82) is 0 Å². The largest absolute Gasteiger partial charge is 0.352 e. The Morgan fingerprint density at radius 2 is 2.12 bits per heavy atom. The highest BCUT2D eigenvalue weighted by Gasteiger charge is 2.08. The predicted octanol–water partition coefficient (Wildman–Crippen LogP) is 3.05. The van der Waals surface area contributed by atoms with Crippen molar-refractivity contribution in [2.45, 2.75) is 32.6 Å². The minimum atomic E-state index is -0.0153. The number of amides is 1. The standard InChI is InChI=1S/C13H18ClNO/c1-9-4-5-10(2)12(8-9)13(16)15-7-6-11(3)14/h4-5,8,11H,6-7H2,1-3H3,(H,15,16). The molecule has 0 saturated carbocycles. The summed E-state index contributed by atoms with van der Waals surface area (Å²) < 4.78 is 0. The van der Waals surface area contributed by atoms with E-state index in [1.807, 2.05) is 39.0 Å². The van der Waals surface area contributed by atoms with Gasteiger partial charge >= 0.3 is 0 Å². The first-order valence-corrected chi connectivity index (χ1v) is 5.94. The molecule has 3 heteroatoms. The predicted molar refractivity (Wildman–Crippen MR) is 68.2 cm³/mol. The highest BCUT2D eigenvalue weighted by molar-refractivity contribution is 6.20. The quantitative estimate of drug-likeness (QED) is 0.804. The van der Waals surface area contributed by atoms with Gasteiger partial charge in [0.15, 0.2) is 0 Å². The molecule has 2 nitrogen and oxygen atoms in total. The number of carbonyl (C=O) groups is 1. The molecule has 88 valence electrons. The number of halogens is 1. The normalized spacial score (nSPS) is 12.2. The van der Waals surface area contributed by atoms with Crippen molar-refractivity contribution in [3.8, 4) is 0 Å². The summed E-state index contributed by atoms with van der Waals surface area (Å²) in [7, 11) is 0. The minimum absolute atomic E-state index is 0.0153. The maximum Gasteiger partial charge on any atom is 0.251 e. The molecule has 0 aliphatic rings. The molecule has 0 saturated heterocycles. The van der Waals surface area contributed by atoms with E-state index < -0.39 is 0 Å². The van der Waals surface area contributed by atoms with E-state index in [1.165, 1.54) is 0 Å². The van der Waals surface area contributed by atoms with Gasteiger partial charge in [-0.05, 0) is 38.8 Å². The van der Waals surface area contributed by atoms with Crippen molar-refractivity contribution in [2.24, 2.45) is 0 Å². The van der Waals surface area contributed by atoms with E-state index >= 15 is 0 Å². The maximum absolute atomic E-state index is 11.8. The van der Waals surface area contributed by atoms with Crippen LogP contribution in [0, 0.1) is 13.8 Å². The van der Waals surface area contributed by atoms with Crippen molar-refractivity contribution in [2.75, 3.05) is 6.54 Å². The molecule has 0 aromatic heterocycles. The van der Waals surface area contributed by atoms with Gasteiger partial charge in [0.25, 0.3) is 5.91 Å². The first-order chi connectivity index (χ1) is 7.50. The summed E-state index contributed by atoms with van der Waals surface area (Å²) in [6.07, 6.45) is 0.790. The fourth-order valence-electron chi connectivity index (χ4n) is 1.46. The molecule has 0 spiro atoms. The maximum atomic E-state index is 11.8. The number of nitrogens with one attached hydrogen (secondary N) is 1. The Morgan fingerprint density at radius 3 is 2.75 bits per heavy atom. The van der Waals surface area contributed by atoms with Gasteiger partial charge in [-0.25, -0.2) is 0 Å². The van der Waals surface area contributed by atoms with Gasteiger partial charge in [-0.15, -0.1) is 11.6 Å². The van der Waals surface area contributed by atoms with Gasteiger partial charge in [0.05, 0.1) is 0 Å². The summed E-state index contributed by atoms with van der Waals surface area (Å²) in [4.78, 5) is 11.8. The second-order valence-electron chi connectivity index (χ2n) is 4.14. The molecule has 1 aromatic carbocycles. The van der Waals surface area contributed by atoms with E-state index in [9.17, 15) is 4.79 Å². The van der Waals surface area contributed by atoms with Crippen LogP contribution in [0.15, 0.2) is 18.2 Å². The summed E-state index contributed by atoms with van der Waals surface area (Å²) in [5, 5.41) is 2.97. The molecule has 1 rings (SSSR count). The van der Waals surface area contributed by atoms with Crippen molar-refractivity contribution < 1.29 is 4.79 Å². The molecule has 0 fully saturated rings. The van der Waals surface area contributed by atoms with Crippen molar-refractivity contribution in [3.05, 3.63) is 34.9 Å². The third-order valence-corrected chi connectivity index (χ3v) is 2.68. The number of alkyl halides is 1. The lowest BCUT2D eigenvalue weighted by Crippen LogP contribution is -2.26. The molecule has 1 N–H and O–H groups in total. The van der Waals surface area contributed by atoms with Crippen LogP contribution in [0.4, 0.5) is 0 Å². The van der Waals surface area contributed by atoms with Gasteiger partial charge in [-0.2, -0.15) is 0 Å². The molecule has 0 heterocycles. The Kier molecular flexibility index (Phi) is 4.81. The molecular weight excluding hydrogens is 222 g/mol. The van der Waals surface area contributed by atoms with E-state index in [4.69, 9.17) is 11.6 Å². The first-order valence-electron chi connectivity index (χ1n) is 5.50. The Hall–Kier alpha value is -1.02. The van der Waals surface area contributed by atoms with Crippen LogP contribution in [0.3, 0.4) is 0 Å². The lowest BCUT2D eigenvalue weighted by molar-refractivity contribution is 0.0952. The average Bonchev–Trinajstić information content (AvgIpc) is 2.21. The van der Waals surface area contributed by atoms with E-state index in [-0.39, 0.29) is 11.3 Å². The SMILES string of the molecule is Cc1ccc(C)c(C(=O)NCCC(C)Cl)c1. The monoisotopic (exact) mass is 239 g/mol. The van der Waals surface area contributed by atoms with Crippen molar-refractivity contribution in [1.82, 2.24) is 5.32 Å². The molecule has 1 atom stereocenters. The van der Waals surface area contributed by atoms with Gasteiger partial charge in [0, 0.05) is 17.5 Å². The Bertz CT molecular complexity index is 374. The molecule has 16 heavy (non-hydrogen) atoms. The fraction of sp³-hybridized carbons (Fsp3) is 0.462. The highest BCUT2D eigenvalue weighted by atomic mass is 35.5. The summed E-state index contributed by atoms with van der Waals surface area (Å²) in [5.41, 5.74) is 2.85. The van der Waals surface area contributed by atoms with Crippen LogP contribution in [0.2, 0.25) is 0 Å². The summed E-state index contributed by atoms with van der Waals surface area (Å²) in [6, 6.07) is 5.89. The number of benzene rings is 1. The lowest BCUT2D eigenvalue weighted by Gasteiger charge is -2.09. The molecular formula is C13H18ClNO. The van der Waals surface area contributed by atoms with Crippen LogP contribution in [-0.4, -0.2) is 17.8 Å². The molecule has 0 aliphatic heterocycles. The second kappa shape index (κ2) is 5.90. The fourth-order valence-corrected chi connectivity index (χ4v) is 1.57. The Labute approximate surface area is 102 Å². The van der Waals surface area contributed by atoms with Crippen molar-refractivity contribution >= 4 is 17.5 Å². The Balaban J connectivity index is 2.62. The highest BCUT2D eigenvalue weighted by Crippen LogP contribution is 2.10. The zero-order valence-corrected chi connectivity index (χ0v) is 10.8. The van der Waals surface area contributed by atoms with Gasteiger partial charge in [0.2, 0.25) is 0 Å². The third-order valence-electron chi connectivity index (χ3n) is 2.47. The molecule has 0 aliphatic carbocycles. The Morgan fingerprint density at radius 1 is 1.44 bits per heavy atom. The third kappa shape index (κ3) is 3.86. The van der Waals surface area contributed by atoms with Crippen LogP contribution < -0.4 is 5.32 Å². The van der Waals surface area contributed by atoms with Gasteiger partial charge < -0.3 is 5.32 Å². The molecule has 0 radical (unpaired) electrons. The van der Waals surface area contributed by atoms with Crippen LogP contribution in [0.1, 0.15) is 34.8 Å². The van der Waals surface area contributed by atoms with Crippen LogP contribution >= 0.6 is 11.6 Å². The van der Waals surface area contributed by atoms with E-state index in [0.717, 1.165) is 23.1 Å². The van der Waals surface area contributed by atoms with Crippen LogP contribution in [0.5, 0.6) is 0 Å². The zero-order valence-electron chi connectivity index (χ0n) is 10.0. The average molecular weight is 240 g/mol. The van der Waals surface area contributed by atoms with E-state index in [1.54, 1.807) is 0 Å². The zero-order chi connectivity index (χ0) is 12.1. The molecule has 1 aromatic rings. The summed E-state index contributed by atoms with van der Waals surface area (Å²) in [5.74, 6) is -0.0153. The second-order valence-corrected chi connectivity index (χ2v) is 4.89. The lowest BCUT2D eigenvalue weighted by atomic mass is 10.1. The number of aryl methyl sites for hydroxylation is 2. The number of hydrogen-bond acceptors (Lipinski definition) is 1. The van der Waals surface area contributed by atoms with Crippen LogP contribution in [0.25, 0.3) is 0 Å². The number of rotatable bonds is 4. The van der Waals surface area contributed by atoms with E-state index in [0.29, 0.717) is 6.54 Å². The smallest absolute Gasteiger partial charge is 0.251 e. The van der Waals surface area contributed by atoms with Crippen molar-refractivity contribution in [3.63, 3.8) is 0 Å². The van der Waals surface area contributed by atoms with Crippen LogP contribution in [-0.2, 0) is 0 Å². The number of carbonyl (C=O) groups excluding carboxylic acids is 1. The molecule has 1 amide bonds. The summed E-state index contributed by atoms with van der Waals surface area (Å²) in [6.45, 7) is 6.47. The van der Waals surface area contributed by atoms with Gasteiger partial charge in [0.1, 0.15) is 0 Å². The minimum Gasteiger partial charge on any atom is -0.352 e. The van der Waals surface area contributed by atoms with Gasteiger partial charge in [-0.3, -0.25) is 4.79 Å². The molecule has 1 unspecified atom stereocenters. The number of hydrogen-bond donors (Lipinski definition) is 1. The summed E-state index contributed by atoms with van der Waals surface area (Å²) >= 11 is 5.81. The topological polar surface area (TPSA) is 29.1 Å².